The molecule has 0 heterocycles. The van der Waals surface area contributed by atoms with Gasteiger partial charge in [-0.3, -0.25) is 9.79 Å². The number of hydrogen-bond acceptors (Lipinski definition) is 4. The Morgan fingerprint density at radius 1 is 1.33 bits per heavy atom. The summed E-state index contributed by atoms with van der Waals surface area (Å²) in [6.45, 7) is 11.8. The predicted molar refractivity (Wildman–Crippen MR) is 99.7 cm³/mol. The van der Waals surface area contributed by atoms with E-state index in [2.05, 4.69) is 11.7 Å². The SMILES string of the molecule is C=NC=C(C)COc1cc(C)c(/C(=C/C(=O)CCO)CC)c(C)c1. The van der Waals surface area contributed by atoms with Gasteiger partial charge in [0.1, 0.15) is 12.4 Å². The molecule has 0 radical (unpaired) electrons. The zero-order valence-electron chi connectivity index (χ0n) is 15.1. The lowest BCUT2D eigenvalue weighted by Gasteiger charge is -2.15. The molecule has 0 unspecified atom stereocenters. The number of aliphatic hydroxyl groups is 1. The highest BCUT2D eigenvalue weighted by Gasteiger charge is 2.11. The van der Waals surface area contributed by atoms with Gasteiger partial charge in [0, 0.05) is 12.6 Å². The second-order valence-corrected chi connectivity index (χ2v) is 5.84. The van der Waals surface area contributed by atoms with E-state index in [-0.39, 0.29) is 18.8 Å². The van der Waals surface area contributed by atoms with Crippen molar-refractivity contribution < 1.29 is 14.6 Å². The smallest absolute Gasteiger partial charge is 0.158 e. The van der Waals surface area contributed by atoms with Crippen molar-refractivity contribution in [2.24, 2.45) is 4.99 Å². The minimum atomic E-state index is -0.122. The molecular weight excluding hydrogens is 302 g/mol. The molecule has 1 N–H and O–H groups in total. The van der Waals surface area contributed by atoms with Gasteiger partial charge in [0.15, 0.2) is 5.78 Å². The maximum Gasteiger partial charge on any atom is 0.158 e. The topological polar surface area (TPSA) is 58.9 Å². The highest BCUT2D eigenvalue weighted by molar-refractivity contribution is 5.97. The van der Waals surface area contributed by atoms with Crippen LogP contribution >= 0.6 is 0 Å². The molecule has 0 fully saturated rings. The van der Waals surface area contributed by atoms with Crippen molar-refractivity contribution in [2.45, 2.75) is 40.5 Å². The van der Waals surface area contributed by atoms with Gasteiger partial charge >= 0.3 is 0 Å². The normalized spacial score (nSPS) is 12.2. The van der Waals surface area contributed by atoms with Gasteiger partial charge in [-0.25, -0.2) is 0 Å². The second kappa shape index (κ2) is 9.83. The summed E-state index contributed by atoms with van der Waals surface area (Å²) in [5.74, 6) is 0.744. The van der Waals surface area contributed by atoms with E-state index in [0.717, 1.165) is 40.0 Å². The van der Waals surface area contributed by atoms with Crippen LogP contribution in [0.15, 0.2) is 35.0 Å². The molecule has 0 aliphatic heterocycles. The first kappa shape index (κ1) is 19.8. The molecule has 4 heteroatoms. The summed E-state index contributed by atoms with van der Waals surface area (Å²) >= 11 is 0. The van der Waals surface area contributed by atoms with Crippen LogP contribution in [0.4, 0.5) is 0 Å². The Morgan fingerprint density at radius 2 is 1.96 bits per heavy atom. The molecule has 0 atom stereocenters. The van der Waals surface area contributed by atoms with Crippen molar-refractivity contribution in [3.05, 3.63) is 46.7 Å². The van der Waals surface area contributed by atoms with E-state index in [0.29, 0.717) is 6.61 Å². The molecule has 0 amide bonds. The Hall–Kier alpha value is -2.20. The van der Waals surface area contributed by atoms with Crippen LogP contribution < -0.4 is 4.74 Å². The molecular formula is C20H27NO3. The van der Waals surface area contributed by atoms with Crippen molar-refractivity contribution in [1.82, 2.24) is 0 Å². The first-order valence-corrected chi connectivity index (χ1v) is 8.13. The van der Waals surface area contributed by atoms with E-state index in [1.807, 2.05) is 39.8 Å². The van der Waals surface area contributed by atoms with Gasteiger partial charge in [0.05, 0.1) is 6.61 Å². The molecule has 1 aromatic carbocycles. The van der Waals surface area contributed by atoms with Gasteiger partial charge in [0.2, 0.25) is 0 Å². The molecule has 24 heavy (non-hydrogen) atoms. The van der Waals surface area contributed by atoms with Crippen molar-refractivity contribution in [3.8, 4) is 5.75 Å². The number of carbonyl (C=O) groups excluding carboxylic acids is 1. The Bertz CT molecular complexity index is 634. The second-order valence-electron chi connectivity index (χ2n) is 5.84. The fourth-order valence-electron chi connectivity index (χ4n) is 2.63. The third-order valence-electron chi connectivity index (χ3n) is 3.68. The van der Waals surface area contributed by atoms with Crippen LogP contribution in [0, 0.1) is 13.8 Å². The summed E-state index contributed by atoms with van der Waals surface area (Å²) in [4.78, 5) is 15.6. The number of aliphatic imine (C=N–C) groups is 1. The molecule has 0 aromatic heterocycles. The fourth-order valence-corrected chi connectivity index (χ4v) is 2.63. The van der Waals surface area contributed by atoms with Gasteiger partial charge in [-0.05, 0) is 80.0 Å². The van der Waals surface area contributed by atoms with Gasteiger partial charge in [-0.15, -0.1) is 0 Å². The van der Waals surface area contributed by atoms with Gasteiger partial charge in [-0.2, -0.15) is 0 Å². The van der Waals surface area contributed by atoms with Gasteiger partial charge in [-0.1, -0.05) is 6.92 Å². The first-order chi connectivity index (χ1) is 11.4. The Kier molecular flexibility index (Phi) is 8.13. The minimum absolute atomic E-state index is 0.0498. The number of nitrogens with zero attached hydrogens (tertiary/aromatic N) is 1. The molecule has 0 saturated heterocycles. The highest BCUT2D eigenvalue weighted by Crippen LogP contribution is 2.30. The van der Waals surface area contributed by atoms with E-state index >= 15 is 0 Å². The van der Waals surface area contributed by atoms with E-state index in [9.17, 15) is 4.79 Å². The summed E-state index contributed by atoms with van der Waals surface area (Å²) in [7, 11) is 0. The number of ether oxygens (including phenoxy) is 1. The van der Waals surface area contributed by atoms with E-state index in [4.69, 9.17) is 9.84 Å². The van der Waals surface area contributed by atoms with Crippen LogP contribution in [0.2, 0.25) is 0 Å². The lowest BCUT2D eigenvalue weighted by Crippen LogP contribution is -2.03. The van der Waals surface area contributed by atoms with Crippen LogP contribution in [0.1, 0.15) is 43.4 Å². The number of allylic oxidation sites excluding steroid dienone is 2. The Morgan fingerprint density at radius 3 is 2.46 bits per heavy atom. The van der Waals surface area contributed by atoms with Crippen LogP contribution in [-0.2, 0) is 4.79 Å². The third-order valence-corrected chi connectivity index (χ3v) is 3.68. The quantitative estimate of drug-likeness (QED) is 0.549. The number of ketones is 1. The molecule has 1 aromatic rings. The zero-order chi connectivity index (χ0) is 18.1. The summed E-state index contributed by atoms with van der Waals surface area (Å²) in [5.41, 5.74) is 5.20. The van der Waals surface area contributed by atoms with Crippen LogP contribution in [0.25, 0.3) is 5.57 Å². The predicted octanol–water partition coefficient (Wildman–Crippen LogP) is 4.03. The largest absolute Gasteiger partial charge is 0.489 e. The van der Waals surface area contributed by atoms with Gasteiger partial charge < -0.3 is 9.84 Å². The average Bonchev–Trinajstić information content (AvgIpc) is 2.51. The molecule has 0 aliphatic rings. The fraction of sp³-hybridized carbons (Fsp3) is 0.400. The monoisotopic (exact) mass is 329 g/mol. The summed E-state index contributed by atoms with van der Waals surface area (Å²) in [6, 6.07) is 3.97. The summed E-state index contributed by atoms with van der Waals surface area (Å²) < 4.78 is 5.79. The van der Waals surface area contributed by atoms with Crippen molar-refractivity contribution in [3.63, 3.8) is 0 Å². The van der Waals surface area contributed by atoms with E-state index in [1.165, 1.54) is 0 Å². The maximum atomic E-state index is 11.8. The number of hydrogen-bond donors (Lipinski definition) is 1. The molecule has 0 saturated carbocycles. The van der Waals surface area contributed by atoms with Crippen LogP contribution in [0.5, 0.6) is 5.75 Å². The molecule has 0 bridgehead atoms. The number of carbonyl (C=O) groups is 1. The van der Waals surface area contributed by atoms with E-state index < -0.39 is 0 Å². The molecule has 0 spiro atoms. The minimum Gasteiger partial charge on any atom is -0.489 e. The molecule has 1 rings (SSSR count). The van der Waals surface area contributed by atoms with Crippen molar-refractivity contribution >= 4 is 18.1 Å². The van der Waals surface area contributed by atoms with E-state index in [1.54, 1.807) is 12.3 Å². The Balaban J connectivity index is 3.08. The number of benzene rings is 1. The molecule has 4 nitrogen and oxygen atoms in total. The highest BCUT2D eigenvalue weighted by atomic mass is 16.5. The molecule has 0 aliphatic carbocycles. The summed E-state index contributed by atoms with van der Waals surface area (Å²) in [5, 5.41) is 8.90. The Labute approximate surface area is 144 Å². The van der Waals surface area contributed by atoms with Crippen LogP contribution in [-0.4, -0.2) is 30.8 Å². The third kappa shape index (κ3) is 5.78. The standard InChI is InChI=1S/C20H27NO3/c1-6-17(11-18(23)7-8-22)20-15(3)9-19(10-16(20)4)24-13-14(2)12-21-5/h9-12,22H,5-8,13H2,1-4H3/b14-12?,17-11+. The van der Waals surface area contributed by atoms with Crippen LogP contribution in [0.3, 0.4) is 0 Å². The van der Waals surface area contributed by atoms with Crippen molar-refractivity contribution in [2.75, 3.05) is 13.2 Å². The number of aliphatic hydroxyl groups excluding tert-OH is 1. The molecule has 130 valence electrons. The zero-order valence-corrected chi connectivity index (χ0v) is 15.1. The lowest BCUT2D eigenvalue weighted by molar-refractivity contribution is -0.115. The average molecular weight is 329 g/mol. The number of aryl methyl sites for hydroxylation is 2. The lowest BCUT2D eigenvalue weighted by atomic mass is 9.92. The van der Waals surface area contributed by atoms with Crippen molar-refractivity contribution in [1.29, 1.82) is 0 Å². The maximum absolute atomic E-state index is 11.8. The number of rotatable bonds is 9. The first-order valence-electron chi connectivity index (χ1n) is 8.13. The van der Waals surface area contributed by atoms with Gasteiger partial charge in [0.25, 0.3) is 0 Å². The summed E-state index contributed by atoms with van der Waals surface area (Å²) in [6.07, 6.45) is 4.24.